The van der Waals surface area contributed by atoms with Gasteiger partial charge in [-0.25, -0.2) is 0 Å². The summed E-state index contributed by atoms with van der Waals surface area (Å²) in [6.07, 6.45) is 20.0. The van der Waals surface area contributed by atoms with Gasteiger partial charge in [-0.05, 0) is 19.3 Å². The highest BCUT2D eigenvalue weighted by atomic mass is 16.1. The fraction of sp³-hybridized carbons (Fsp3) is 0.824. The molecule has 0 bridgehead atoms. The summed E-state index contributed by atoms with van der Waals surface area (Å²) >= 11 is 0. The molecule has 0 fully saturated rings. The number of unbranched alkanes of at least 4 members (excludes halogenated alkanes) is 9. The minimum Gasteiger partial charge on any atom is -0.303 e. The lowest BCUT2D eigenvalue weighted by atomic mass is 10.1. The number of hydrogen-bond acceptors (Lipinski definition) is 1. The van der Waals surface area contributed by atoms with E-state index in [9.17, 15) is 4.79 Å². The van der Waals surface area contributed by atoms with Crippen molar-refractivity contribution in [3.8, 4) is 0 Å². The summed E-state index contributed by atoms with van der Waals surface area (Å²) in [6.45, 7) is 4.24. The van der Waals surface area contributed by atoms with Crippen molar-refractivity contribution in [2.45, 2.75) is 84.5 Å². The molecule has 0 aromatic carbocycles. The largest absolute Gasteiger partial charge is 0.303 e. The second-order valence-electron chi connectivity index (χ2n) is 5.44. The zero-order valence-electron chi connectivity index (χ0n) is 12.5. The molecule has 0 aromatic rings. The molecule has 0 aliphatic carbocycles. The molecule has 1 nitrogen and oxygen atoms in total. The number of allylic oxidation sites excluding steroid dienone is 2. The third-order valence-corrected chi connectivity index (χ3v) is 3.38. The Labute approximate surface area is 114 Å². The summed E-state index contributed by atoms with van der Waals surface area (Å²) in [5.41, 5.74) is 0. The molecule has 0 saturated carbocycles. The van der Waals surface area contributed by atoms with Crippen LogP contribution in [0.25, 0.3) is 0 Å². The fourth-order valence-corrected chi connectivity index (χ4v) is 2.06. The predicted octanol–water partition coefficient (Wildman–Crippen LogP) is 5.69. The zero-order valence-corrected chi connectivity index (χ0v) is 12.5. The first-order valence-corrected chi connectivity index (χ1v) is 7.91. The Morgan fingerprint density at radius 3 is 1.94 bits per heavy atom. The highest BCUT2D eigenvalue weighted by Gasteiger charge is 1.94. The molecule has 0 aliphatic rings. The maximum Gasteiger partial charge on any atom is 0.123 e. The zero-order chi connectivity index (χ0) is 13.5. The molecule has 0 rings (SSSR count). The third kappa shape index (κ3) is 13.5. The minimum atomic E-state index is 0.185. The van der Waals surface area contributed by atoms with Gasteiger partial charge in [0.1, 0.15) is 6.29 Å². The maximum absolute atomic E-state index is 10.4. The molecule has 0 amide bonds. The molecule has 0 aromatic heterocycles. The highest BCUT2D eigenvalue weighted by molar-refractivity contribution is 5.52. The maximum atomic E-state index is 10.4. The van der Waals surface area contributed by atoms with E-state index in [0.29, 0.717) is 0 Å². The van der Waals surface area contributed by atoms with Gasteiger partial charge < -0.3 is 4.79 Å². The third-order valence-electron chi connectivity index (χ3n) is 3.38. The SMILES string of the molecule is CCCCCCCCCCCC=CC[C@@H](C)C=O. The summed E-state index contributed by atoms with van der Waals surface area (Å²) in [4.78, 5) is 10.4. The first kappa shape index (κ1) is 17.4. The predicted molar refractivity (Wildman–Crippen MR) is 80.8 cm³/mol. The quantitative estimate of drug-likeness (QED) is 0.234. The van der Waals surface area contributed by atoms with Crippen LogP contribution in [-0.4, -0.2) is 6.29 Å². The van der Waals surface area contributed by atoms with Crippen LogP contribution in [0.1, 0.15) is 84.5 Å². The van der Waals surface area contributed by atoms with Crippen molar-refractivity contribution < 1.29 is 4.79 Å². The van der Waals surface area contributed by atoms with Crippen molar-refractivity contribution in [3.63, 3.8) is 0 Å². The molecule has 1 heteroatoms. The fourth-order valence-electron chi connectivity index (χ4n) is 2.06. The van der Waals surface area contributed by atoms with E-state index in [4.69, 9.17) is 0 Å². The molecule has 0 radical (unpaired) electrons. The van der Waals surface area contributed by atoms with Gasteiger partial charge in [0.05, 0.1) is 0 Å². The summed E-state index contributed by atoms with van der Waals surface area (Å²) in [5.74, 6) is 0.185. The monoisotopic (exact) mass is 252 g/mol. The number of aldehydes is 1. The molecular formula is C17H32O. The van der Waals surface area contributed by atoms with Crippen LogP contribution in [-0.2, 0) is 4.79 Å². The van der Waals surface area contributed by atoms with Crippen LogP contribution >= 0.6 is 0 Å². The molecule has 0 aliphatic heterocycles. The van der Waals surface area contributed by atoms with E-state index in [1.807, 2.05) is 6.92 Å². The van der Waals surface area contributed by atoms with Gasteiger partial charge >= 0.3 is 0 Å². The first-order valence-electron chi connectivity index (χ1n) is 7.91. The van der Waals surface area contributed by atoms with Crippen molar-refractivity contribution in [1.82, 2.24) is 0 Å². The van der Waals surface area contributed by atoms with Crippen molar-refractivity contribution in [2.24, 2.45) is 5.92 Å². The van der Waals surface area contributed by atoms with Gasteiger partial charge in [0.15, 0.2) is 0 Å². The first-order chi connectivity index (χ1) is 8.81. The van der Waals surface area contributed by atoms with E-state index in [2.05, 4.69) is 19.1 Å². The molecule has 106 valence electrons. The van der Waals surface area contributed by atoms with E-state index in [1.54, 1.807) is 0 Å². The molecule has 0 unspecified atom stereocenters. The van der Waals surface area contributed by atoms with Crippen LogP contribution in [0.3, 0.4) is 0 Å². The van der Waals surface area contributed by atoms with Crippen molar-refractivity contribution in [2.75, 3.05) is 0 Å². The van der Waals surface area contributed by atoms with Crippen molar-refractivity contribution >= 4 is 6.29 Å². The van der Waals surface area contributed by atoms with Gasteiger partial charge in [0, 0.05) is 5.92 Å². The van der Waals surface area contributed by atoms with Gasteiger partial charge in [0.2, 0.25) is 0 Å². The van der Waals surface area contributed by atoms with Crippen LogP contribution < -0.4 is 0 Å². The Bertz CT molecular complexity index is 196. The summed E-state index contributed by atoms with van der Waals surface area (Å²) in [6, 6.07) is 0. The Morgan fingerprint density at radius 2 is 1.39 bits per heavy atom. The van der Waals surface area contributed by atoms with Crippen molar-refractivity contribution in [3.05, 3.63) is 12.2 Å². The topological polar surface area (TPSA) is 17.1 Å². The smallest absolute Gasteiger partial charge is 0.123 e. The van der Waals surface area contributed by atoms with Gasteiger partial charge in [-0.3, -0.25) is 0 Å². The standard InChI is InChI=1S/C17H32O/c1-3-4-5-6-7-8-9-10-11-12-13-14-15-17(2)16-18/h13-14,16-17H,3-12,15H2,1-2H3/t17-/m1/s1. The lowest BCUT2D eigenvalue weighted by Crippen LogP contribution is -1.91. The Morgan fingerprint density at radius 1 is 0.833 bits per heavy atom. The molecule has 0 heterocycles. The lowest BCUT2D eigenvalue weighted by Gasteiger charge is -2.00. The number of rotatable bonds is 13. The molecule has 1 atom stereocenters. The molecule has 0 spiro atoms. The average Bonchev–Trinajstić information content (AvgIpc) is 2.39. The van der Waals surface area contributed by atoms with Crippen LogP contribution in [0.15, 0.2) is 12.2 Å². The second-order valence-corrected chi connectivity index (χ2v) is 5.44. The second kappa shape index (κ2) is 14.5. The van der Waals surface area contributed by atoms with Crippen LogP contribution in [0.5, 0.6) is 0 Å². The summed E-state index contributed by atoms with van der Waals surface area (Å²) in [5, 5.41) is 0. The molecule has 18 heavy (non-hydrogen) atoms. The van der Waals surface area contributed by atoms with Gasteiger partial charge in [0.25, 0.3) is 0 Å². The highest BCUT2D eigenvalue weighted by Crippen LogP contribution is 2.10. The van der Waals surface area contributed by atoms with Gasteiger partial charge in [-0.15, -0.1) is 0 Å². The number of carbonyl (C=O) groups is 1. The number of carbonyl (C=O) groups excluding carboxylic acids is 1. The Hall–Kier alpha value is -0.590. The van der Waals surface area contributed by atoms with Crippen LogP contribution in [0, 0.1) is 5.92 Å². The van der Waals surface area contributed by atoms with Crippen LogP contribution in [0.4, 0.5) is 0 Å². The average molecular weight is 252 g/mol. The van der Waals surface area contributed by atoms with Gasteiger partial charge in [-0.1, -0.05) is 77.4 Å². The number of hydrogen-bond donors (Lipinski definition) is 0. The molecule has 0 N–H and O–H groups in total. The van der Waals surface area contributed by atoms with E-state index in [-0.39, 0.29) is 5.92 Å². The Balaban J connectivity index is 3.09. The van der Waals surface area contributed by atoms with E-state index >= 15 is 0 Å². The molecular weight excluding hydrogens is 220 g/mol. The minimum absolute atomic E-state index is 0.185. The summed E-state index contributed by atoms with van der Waals surface area (Å²) in [7, 11) is 0. The van der Waals surface area contributed by atoms with Gasteiger partial charge in [-0.2, -0.15) is 0 Å². The Kier molecular flexibility index (Phi) is 14.0. The lowest BCUT2D eigenvalue weighted by molar-refractivity contribution is -0.110. The van der Waals surface area contributed by atoms with E-state index in [0.717, 1.165) is 12.7 Å². The van der Waals surface area contributed by atoms with Crippen molar-refractivity contribution in [1.29, 1.82) is 0 Å². The van der Waals surface area contributed by atoms with E-state index < -0.39 is 0 Å². The summed E-state index contributed by atoms with van der Waals surface area (Å²) < 4.78 is 0. The van der Waals surface area contributed by atoms with Crippen LogP contribution in [0.2, 0.25) is 0 Å². The van der Waals surface area contributed by atoms with E-state index in [1.165, 1.54) is 64.2 Å². The normalized spacial score (nSPS) is 13.0. The molecule has 0 saturated heterocycles.